The lowest BCUT2D eigenvalue weighted by Crippen LogP contribution is -2.17. The molecule has 0 atom stereocenters. The summed E-state index contributed by atoms with van der Waals surface area (Å²) in [6, 6.07) is 17.1. The zero-order valence-electron chi connectivity index (χ0n) is 15.4. The number of methoxy groups -OCH3 is 2. The predicted octanol–water partition coefficient (Wildman–Crippen LogP) is 3.60. The van der Waals surface area contributed by atoms with Crippen LogP contribution in [-0.2, 0) is 0 Å². The molecule has 0 saturated carbocycles. The maximum atomic E-state index is 12.6. The van der Waals surface area contributed by atoms with E-state index in [1.54, 1.807) is 36.4 Å². The molecule has 0 fully saturated rings. The minimum Gasteiger partial charge on any atom is -0.497 e. The Morgan fingerprint density at radius 2 is 1.64 bits per heavy atom. The van der Waals surface area contributed by atoms with Crippen molar-refractivity contribution in [2.24, 2.45) is 0 Å². The fraction of sp³-hybridized carbons (Fsp3) is 0.0952. The number of pyridine rings is 1. The fourth-order valence-electron chi connectivity index (χ4n) is 2.52. The van der Waals surface area contributed by atoms with E-state index in [9.17, 15) is 9.59 Å². The van der Waals surface area contributed by atoms with Gasteiger partial charge in [-0.05, 0) is 36.4 Å². The third-order valence-corrected chi connectivity index (χ3v) is 3.94. The predicted molar refractivity (Wildman–Crippen MR) is 106 cm³/mol. The second-order valence-electron chi connectivity index (χ2n) is 5.77. The molecule has 2 N–H and O–H groups in total. The van der Waals surface area contributed by atoms with Gasteiger partial charge in [-0.1, -0.05) is 18.2 Å². The molecule has 3 aromatic rings. The van der Waals surface area contributed by atoms with Crippen molar-refractivity contribution in [2.75, 3.05) is 24.9 Å². The highest BCUT2D eigenvalue weighted by Crippen LogP contribution is 2.29. The van der Waals surface area contributed by atoms with Crippen molar-refractivity contribution in [1.29, 1.82) is 0 Å². The Morgan fingerprint density at radius 3 is 2.36 bits per heavy atom. The first-order chi connectivity index (χ1) is 13.6. The number of hydrogen-bond donors (Lipinski definition) is 2. The lowest BCUT2D eigenvalue weighted by Gasteiger charge is -2.12. The average Bonchev–Trinajstić information content (AvgIpc) is 2.74. The second-order valence-corrected chi connectivity index (χ2v) is 5.77. The van der Waals surface area contributed by atoms with Crippen LogP contribution in [0.4, 0.5) is 11.4 Å². The molecule has 0 spiro atoms. The first kappa shape index (κ1) is 18.9. The molecule has 0 bridgehead atoms. The summed E-state index contributed by atoms with van der Waals surface area (Å²) < 4.78 is 10.4. The van der Waals surface area contributed by atoms with Crippen LogP contribution in [0.2, 0.25) is 0 Å². The minimum atomic E-state index is -0.471. The summed E-state index contributed by atoms with van der Waals surface area (Å²) in [6.07, 6.45) is 1.41. The molecule has 2 aromatic carbocycles. The topological polar surface area (TPSA) is 89.5 Å². The van der Waals surface area contributed by atoms with Crippen LogP contribution in [0.1, 0.15) is 20.8 Å². The van der Waals surface area contributed by atoms with E-state index in [2.05, 4.69) is 15.6 Å². The number of benzene rings is 2. The molecular formula is C21H19N3O4. The van der Waals surface area contributed by atoms with E-state index in [4.69, 9.17) is 9.47 Å². The number of hydrogen-bond acceptors (Lipinski definition) is 5. The number of aromatic nitrogens is 1. The first-order valence-electron chi connectivity index (χ1n) is 8.46. The number of anilines is 2. The number of para-hydroxylation sites is 1. The summed E-state index contributed by atoms with van der Waals surface area (Å²) in [5.41, 5.74) is 1.52. The van der Waals surface area contributed by atoms with Crippen LogP contribution in [0, 0.1) is 0 Å². The van der Waals surface area contributed by atoms with Crippen molar-refractivity contribution in [3.63, 3.8) is 0 Å². The van der Waals surface area contributed by atoms with Gasteiger partial charge in [-0.15, -0.1) is 0 Å². The quantitative estimate of drug-likeness (QED) is 0.685. The Bertz CT molecular complexity index is 990. The highest BCUT2D eigenvalue weighted by molar-refractivity contribution is 6.08. The van der Waals surface area contributed by atoms with Crippen molar-refractivity contribution in [1.82, 2.24) is 4.98 Å². The van der Waals surface area contributed by atoms with Gasteiger partial charge in [0.1, 0.15) is 17.2 Å². The third kappa shape index (κ3) is 4.45. The Hall–Kier alpha value is -3.87. The lowest BCUT2D eigenvalue weighted by molar-refractivity contribution is 0.102. The van der Waals surface area contributed by atoms with E-state index in [1.165, 1.54) is 26.5 Å². The maximum absolute atomic E-state index is 12.6. The molecule has 2 amide bonds. The highest BCUT2D eigenvalue weighted by atomic mass is 16.5. The first-order valence-corrected chi connectivity index (χ1v) is 8.46. The van der Waals surface area contributed by atoms with Crippen LogP contribution in [-0.4, -0.2) is 31.0 Å². The molecule has 0 aliphatic rings. The number of nitrogens with one attached hydrogen (secondary N) is 2. The van der Waals surface area contributed by atoms with E-state index in [1.807, 2.05) is 18.2 Å². The van der Waals surface area contributed by atoms with E-state index in [0.717, 1.165) is 0 Å². The van der Waals surface area contributed by atoms with E-state index in [-0.39, 0.29) is 11.6 Å². The van der Waals surface area contributed by atoms with Gasteiger partial charge in [-0.3, -0.25) is 14.6 Å². The van der Waals surface area contributed by atoms with E-state index >= 15 is 0 Å². The van der Waals surface area contributed by atoms with Gasteiger partial charge in [0.15, 0.2) is 0 Å². The molecule has 1 aromatic heterocycles. The monoisotopic (exact) mass is 377 g/mol. The zero-order chi connectivity index (χ0) is 19.9. The van der Waals surface area contributed by atoms with Gasteiger partial charge in [0, 0.05) is 23.5 Å². The van der Waals surface area contributed by atoms with E-state index in [0.29, 0.717) is 28.4 Å². The molecule has 28 heavy (non-hydrogen) atoms. The lowest BCUT2D eigenvalue weighted by atomic mass is 10.2. The molecule has 3 rings (SSSR count). The molecule has 0 aliphatic carbocycles. The summed E-state index contributed by atoms with van der Waals surface area (Å²) in [4.78, 5) is 29.1. The van der Waals surface area contributed by atoms with Crippen molar-refractivity contribution in [3.05, 3.63) is 78.1 Å². The number of ether oxygens (including phenoxy) is 2. The Kier molecular flexibility index (Phi) is 5.86. The summed E-state index contributed by atoms with van der Waals surface area (Å²) in [5, 5.41) is 5.50. The van der Waals surface area contributed by atoms with Crippen molar-refractivity contribution in [2.45, 2.75) is 0 Å². The Morgan fingerprint density at radius 1 is 0.857 bits per heavy atom. The van der Waals surface area contributed by atoms with Crippen LogP contribution in [0.3, 0.4) is 0 Å². The zero-order valence-corrected chi connectivity index (χ0v) is 15.4. The number of nitrogens with zero attached hydrogens (tertiary/aromatic N) is 1. The number of amides is 2. The maximum Gasteiger partial charge on any atom is 0.274 e. The average molecular weight is 377 g/mol. The van der Waals surface area contributed by atoms with Gasteiger partial charge >= 0.3 is 0 Å². The number of rotatable bonds is 6. The standard InChI is InChI=1S/C21H19N3O4/c1-27-16-8-9-19(28-2)17(13-16)24-21(26)18-12-14(10-11-22-18)20(25)23-15-6-4-3-5-7-15/h3-13H,1-2H3,(H,23,25)(H,24,26). The molecule has 0 saturated heterocycles. The van der Waals surface area contributed by atoms with Gasteiger partial charge in [0.05, 0.1) is 19.9 Å². The molecule has 0 aliphatic heterocycles. The SMILES string of the molecule is COc1ccc(OC)c(NC(=O)c2cc(C(=O)Nc3ccccc3)ccn2)c1. The number of carbonyl (C=O) groups is 2. The molecule has 0 unspecified atom stereocenters. The van der Waals surface area contributed by atoms with Crippen molar-refractivity contribution in [3.8, 4) is 11.5 Å². The second kappa shape index (κ2) is 8.68. The Balaban J connectivity index is 1.78. The van der Waals surface area contributed by atoms with Crippen LogP contribution >= 0.6 is 0 Å². The van der Waals surface area contributed by atoms with Crippen LogP contribution in [0.25, 0.3) is 0 Å². The van der Waals surface area contributed by atoms with E-state index < -0.39 is 5.91 Å². The smallest absolute Gasteiger partial charge is 0.274 e. The molecule has 0 radical (unpaired) electrons. The summed E-state index contributed by atoms with van der Waals surface area (Å²) in [5.74, 6) is 0.245. The van der Waals surface area contributed by atoms with Crippen LogP contribution in [0.15, 0.2) is 66.9 Å². The molecular weight excluding hydrogens is 358 g/mol. The van der Waals surface area contributed by atoms with Crippen molar-refractivity contribution >= 4 is 23.2 Å². The largest absolute Gasteiger partial charge is 0.497 e. The molecule has 7 heteroatoms. The fourth-order valence-corrected chi connectivity index (χ4v) is 2.52. The molecule has 142 valence electrons. The minimum absolute atomic E-state index is 0.102. The van der Waals surface area contributed by atoms with Gasteiger partial charge in [0.25, 0.3) is 11.8 Å². The van der Waals surface area contributed by atoms with Gasteiger partial charge < -0.3 is 20.1 Å². The molecule has 7 nitrogen and oxygen atoms in total. The van der Waals surface area contributed by atoms with Gasteiger partial charge in [-0.25, -0.2) is 0 Å². The molecule has 1 heterocycles. The van der Waals surface area contributed by atoms with Crippen LogP contribution in [0.5, 0.6) is 11.5 Å². The van der Waals surface area contributed by atoms with Gasteiger partial charge in [-0.2, -0.15) is 0 Å². The summed E-state index contributed by atoms with van der Waals surface area (Å²) >= 11 is 0. The normalized spacial score (nSPS) is 10.1. The third-order valence-electron chi connectivity index (χ3n) is 3.94. The summed E-state index contributed by atoms with van der Waals surface area (Å²) in [6.45, 7) is 0. The summed E-state index contributed by atoms with van der Waals surface area (Å²) in [7, 11) is 3.04. The van der Waals surface area contributed by atoms with Crippen LogP contribution < -0.4 is 20.1 Å². The van der Waals surface area contributed by atoms with Crippen molar-refractivity contribution < 1.29 is 19.1 Å². The van der Waals surface area contributed by atoms with Gasteiger partial charge in [0.2, 0.25) is 0 Å². The Labute approximate surface area is 162 Å². The number of carbonyl (C=O) groups excluding carboxylic acids is 2. The highest BCUT2D eigenvalue weighted by Gasteiger charge is 2.15.